The van der Waals surface area contributed by atoms with Gasteiger partial charge in [-0.25, -0.2) is 0 Å². The van der Waals surface area contributed by atoms with Crippen molar-refractivity contribution in [1.29, 1.82) is 0 Å². The summed E-state index contributed by atoms with van der Waals surface area (Å²) in [6.07, 6.45) is 2.01. The van der Waals surface area contributed by atoms with Crippen LogP contribution < -0.4 is 5.32 Å². The maximum absolute atomic E-state index is 12.3. The Morgan fingerprint density at radius 1 is 1.30 bits per heavy atom. The molecule has 1 fully saturated rings. The van der Waals surface area contributed by atoms with E-state index in [1.165, 1.54) is 0 Å². The molecule has 2 heterocycles. The highest BCUT2D eigenvalue weighted by Gasteiger charge is 2.25. The Morgan fingerprint density at radius 3 is 2.78 bits per heavy atom. The summed E-state index contributed by atoms with van der Waals surface area (Å²) >= 11 is 0. The van der Waals surface area contributed by atoms with Crippen LogP contribution in [0.4, 0.5) is 0 Å². The lowest BCUT2D eigenvalue weighted by molar-refractivity contribution is -0.122. The van der Waals surface area contributed by atoms with Crippen LogP contribution in [0.3, 0.4) is 0 Å². The van der Waals surface area contributed by atoms with E-state index in [0.29, 0.717) is 18.8 Å². The van der Waals surface area contributed by atoms with Crippen LogP contribution in [-0.2, 0) is 16.0 Å². The van der Waals surface area contributed by atoms with Crippen molar-refractivity contribution in [2.75, 3.05) is 6.61 Å². The van der Waals surface area contributed by atoms with E-state index in [1.807, 2.05) is 32.0 Å². The number of benzene rings is 1. The molecule has 1 saturated heterocycles. The number of hydrogen-bond acceptors (Lipinski definition) is 4. The monoisotopic (exact) mass is 314 g/mol. The van der Waals surface area contributed by atoms with Crippen LogP contribution in [0.2, 0.25) is 0 Å². The molecule has 23 heavy (non-hydrogen) atoms. The molecule has 0 saturated carbocycles. The molecule has 3 rings (SSSR count). The van der Waals surface area contributed by atoms with Crippen molar-refractivity contribution in [2.24, 2.45) is 0 Å². The molecule has 0 unspecified atom stereocenters. The summed E-state index contributed by atoms with van der Waals surface area (Å²) in [5.41, 5.74) is 2.83. The molecule has 0 spiro atoms. The molecule has 122 valence electrons. The van der Waals surface area contributed by atoms with Crippen molar-refractivity contribution in [3.05, 3.63) is 52.9 Å². The average molecular weight is 314 g/mol. The lowest BCUT2D eigenvalue weighted by Gasteiger charge is -2.30. The molecule has 0 bridgehead atoms. The number of carbonyl (C=O) groups is 1. The zero-order chi connectivity index (χ0) is 16.2. The third kappa shape index (κ3) is 3.79. The highest BCUT2D eigenvalue weighted by molar-refractivity contribution is 5.79. The number of aromatic nitrogens is 1. The van der Waals surface area contributed by atoms with Gasteiger partial charge in [-0.05, 0) is 32.3 Å². The quantitative estimate of drug-likeness (QED) is 0.942. The standard InChI is InChI=1S/C18H22N2O3/c1-12-16(13(2)23-20-12)11-18(21)19-15-8-9-22-17(10-15)14-6-4-3-5-7-14/h3-7,15,17H,8-11H2,1-2H3,(H,19,21)/t15-,17+/m1/s1. The summed E-state index contributed by atoms with van der Waals surface area (Å²) in [7, 11) is 0. The van der Waals surface area contributed by atoms with Crippen molar-refractivity contribution < 1.29 is 14.1 Å². The van der Waals surface area contributed by atoms with Gasteiger partial charge in [-0.2, -0.15) is 0 Å². The number of rotatable bonds is 4. The first-order chi connectivity index (χ1) is 11.1. The molecular weight excluding hydrogens is 292 g/mol. The smallest absolute Gasteiger partial charge is 0.224 e. The third-order valence-corrected chi connectivity index (χ3v) is 4.34. The number of ether oxygens (including phenoxy) is 1. The molecule has 2 aromatic rings. The molecular formula is C18H22N2O3. The molecule has 1 N–H and O–H groups in total. The zero-order valence-corrected chi connectivity index (χ0v) is 13.5. The van der Waals surface area contributed by atoms with E-state index in [-0.39, 0.29) is 18.1 Å². The van der Waals surface area contributed by atoms with E-state index in [1.54, 1.807) is 0 Å². The topological polar surface area (TPSA) is 64.4 Å². The van der Waals surface area contributed by atoms with E-state index in [2.05, 4.69) is 22.6 Å². The van der Waals surface area contributed by atoms with E-state index in [0.717, 1.165) is 29.7 Å². The Balaban J connectivity index is 1.58. The predicted molar refractivity (Wildman–Crippen MR) is 86.0 cm³/mol. The molecule has 5 nitrogen and oxygen atoms in total. The van der Waals surface area contributed by atoms with Gasteiger partial charge in [0.1, 0.15) is 5.76 Å². The fraction of sp³-hybridized carbons (Fsp3) is 0.444. The van der Waals surface area contributed by atoms with Gasteiger partial charge in [0.2, 0.25) is 5.91 Å². The van der Waals surface area contributed by atoms with E-state index in [9.17, 15) is 4.79 Å². The molecule has 5 heteroatoms. The number of nitrogens with zero attached hydrogens (tertiary/aromatic N) is 1. The van der Waals surface area contributed by atoms with Gasteiger partial charge in [-0.15, -0.1) is 0 Å². The third-order valence-electron chi connectivity index (χ3n) is 4.34. The van der Waals surface area contributed by atoms with Crippen molar-refractivity contribution >= 4 is 5.91 Å². The van der Waals surface area contributed by atoms with Crippen LogP contribution in [0.5, 0.6) is 0 Å². The second-order valence-corrected chi connectivity index (χ2v) is 6.04. The fourth-order valence-corrected chi connectivity index (χ4v) is 3.02. The predicted octanol–water partition coefficient (Wildman–Crippen LogP) is 2.87. The van der Waals surface area contributed by atoms with Crippen LogP contribution in [0.25, 0.3) is 0 Å². The fourth-order valence-electron chi connectivity index (χ4n) is 3.02. The molecule has 1 aromatic heterocycles. The zero-order valence-electron chi connectivity index (χ0n) is 13.5. The van der Waals surface area contributed by atoms with Crippen molar-refractivity contribution in [3.63, 3.8) is 0 Å². The minimum Gasteiger partial charge on any atom is -0.373 e. The van der Waals surface area contributed by atoms with Gasteiger partial charge in [-0.3, -0.25) is 4.79 Å². The number of hydrogen-bond donors (Lipinski definition) is 1. The summed E-state index contributed by atoms with van der Waals surface area (Å²) in [6.45, 7) is 4.36. The van der Waals surface area contributed by atoms with Crippen molar-refractivity contribution in [2.45, 2.75) is 45.3 Å². The summed E-state index contributed by atoms with van der Waals surface area (Å²) in [6, 6.07) is 10.3. The number of amides is 1. The largest absolute Gasteiger partial charge is 0.373 e. The average Bonchev–Trinajstić information content (AvgIpc) is 2.88. The summed E-state index contributed by atoms with van der Waals surface area (Å²) < 4.78 is 11.0. The number of aryl methyl sites for hydroxylation is 2. The summed E-state index contributed by atoms with van der Waals surface area (Å²) in [5, 5.41) is 7.02. The molecule has 1 aliphatic rings. The maximum Gasteiger partial charge on any atom is 0.224 e. The summed E-state index contributed by atoms with van der Waals surface area (Å²) in [4.78, 5) is 12.3. The van der Waals surface area contributed by atoms with Crippen LogP contribution in [0, 0.1) is 13.8 Å². The van der Waals surface area contributed by atoms with Crippen molar-refractivity contribution in [3.8, 4) is 0 Å². The highest BCUT2D eigenvalue weighted by atomic mass is 16.5. The lowest BCUT2D eigenvalue weighted by atomic mass is 9.97. The van der Waals surface area contributed by atoms with Gasteiger partial charge in [0.15, 0.2) is 0 Å². The Labute approximate surface area is 136 Å². The van der Waals surface area contributed by atoms with Crippen LogP contribution in [-0.4, -0.2) is 23.7 Å². The molecule has 1 aliphatic heterocycles. The number of carbonyl (C=O) groups excluding carboxylic acids is 1. The van der Waals surface area contributed by atoms with Crippen LogP contribution >= 0.6 is 0 Å². The van der Waals surface area contributed by atoms with Crippen LogP contribution in [0.15, 0.2) is 34.9 Å². The highest BCUT2D eigenvalue weighted by Crippen LogP contribution is 2.28. The van der Waals surface area contributed by atoms with Crippen molar-refractivity contribution in [1.82, 2.24) is 10.5 Å². The maximum atomic E-state index is 12.3. The first-order valence-electron chi connectivity index (χ1n) is 8.01. The molecule has 2 atom stereocenters. The molecule has 0 radical (unpaired) electrons. The normalized spacial score (nSPS) is 21.1. The van der Waals surface area contributed by atoms with Crippen LogP contribution in [0.1, 0.15) is 41.5 Å². The van der Waals surface area contributed by atoms with Gasteiger partial charge >= 0.3 is 0 Å². The van der Waals surface area contributed by atoms with Gasteiger partial charge < -0.3 is 14.6 Å². The summed E-state index contributed by atoms with van der Waals surface area (Å²) in [5.74, 6) is 0.727. The van der Waals surface area contributed by atoms with Gasteiger partial charge in [0.05, 0.1) is 18.2 Å². The minimum atomic E-state index is 0.0121. The first kappa shape index (κ1) is 15.7. The van der Waals surface area contributed by atoms with Gasteiger partial charge in [0.25, 0.3) is 0 Å². The molecule has 1 amide bonds. The Bertz CT molecular complexity index is 647. The first-order valence-corrected chi connectivity index (χ1v) is 8.01. The molecule has 0 aliphatic carbocycles. The van der Waals surface area contributed by atoms with E-state index >= 15 is 0 Å². The molecule has 1 aromatic carbocycles. The minimum absolute atomic E-state index is 0.0121. The van der Waals surface area contributed by atoms with Gasteiger partial charge in [-0.1, -0.05) is 35.5 Å². The van der Waals surface area contributed by atoms with E-state index < -0.39 is 0 Å². The number of nitrogens with one attached hydrogen (secondary N) is 1. The second kappa shape index (κ2) is 6.96. The SMILES string of the molecule is Cc1noc(C)c1CC(=O)N[C@@H]1CCO[C@H](c2ccccc2)C1. The Hall–Kier alpha value is -2.14. The van der Waals surface area contributed by atoms with E-state index in [4.69, 9.17) is 9.26 Å². The second-order valence-electron chi connectivity index (χ2n) is 6.04. The lowest BCUT2D eigenvalue weighted by Crippen LogP contribution is -2.40. The Morgan fingerprint density at radius 2 is 2.09 bits per heavy atom. The van der Waals surface area contributed by atoms with Gasteiger partial charge in [0, 0.05) is 18.2 Å². The Kier molecular flexibility index (Phi) is 4.76.